The van der Waals surface area contributed by atoms with Gasteiger partial charge in [-0.2, -0.15) is 0 Å². The monoisotopic (exact) mass is 231 g/mol. The van der Waals surface area contributed by atoms with Gasteiger partial charge in [0.15, 0.2) is 0 Å². The summed E-state index contributed by atoms with van der Waals surface area (Å²) in [5.74, 6) is 1.01. The van der Waals surface area contributed by atoms with Gasteiger partial charge in [0.1, 0.15) is 12.1 Å². The van der Waals surface area contributed by atoms with Crippen molar-refractivity contribution in [3.63, 3.8) is 0 Å². The van der Waals surface area contributed by atoms with Gasteiger partial charge in [-0.3, -0.25) is 4.90 Å². The molecule has 1 aromatic rings. The molecule has 0 unspecified atom stereocenters. The first-order valence-corrected chi connectivity index (χ1v) is 5.96. The normalized spacial score (nSPS) is 16.8. The number of anilines is 1. The maximum atomic E-state index is 6.75. The predicted octanol–water partition coefficient (Wildman–Crippen LogP) is 0.908. The Morgan fingerprint density at radius 1 is 1.29 bits per heavy atom. The van der Waals surface area contributed by atoms with Crippen molar-refractivity contribution in [3.8, 4) is 0 Å². The Balaban J connectivity index is 1.77. The molecule has 17 heavy (non-hydrogen) atoms. The molecule has 1 aliphatic rings. The molecule has 1 fully saturated rings. The number of hydrogen-bond acceptors (Lipinski definition) is 4. The molecule has 0 spiro atoms. The molecule has 5 nitrogen and oxygen atoms in total. The maximum Gasteiger partial charge on any atom is 0.215 e. The highest BCUT2D eigenvalue weighted by Crippen LogP contribution is 2.11. The Kier molecular flexibility index (Phi) is 4.28. The minimum atomic E-state index is 0.645. The maximum absolute atomic E-state index is 6.75. The van der Waals surface area contributed by atoms with Gasteiger partial charge in [0.2, 0.25) is 6.54 Å². The molecule has 0 amide bonds. The summed E-state index contributed by atoms with van der Waals surface area (Å²) in [6.45, 7) is 12.6. The minimum Gasteiger partial charge on any atom is -0.354 e. The Morgan fingerprint density at radius 3 is 2.76 bits per heavy atom. The molecule has 1 aromatic heterocycles. The van der Waals surface area contributed by atoms with Crippen LogP contribution in [-0.4, -0.2) is 54.1 Å². The van der Waals surface area contributed by atoms with Gasteiger partial charge in [-0.25, -0.2) is 16.5 Å². The summed E-state index contributed by atoms with van der Waals surface area (Å²) in [5.41, 5.74) is 0. The third-order valence-electron chi connectivity index (χ3n) is 3.01. The van der Waals surface area contributed by atoms with Gasteiger partial charge in [0.25, 0.3) is 0 Å². The Labute approximate surface area is 102 Å². The lowest BCUT2D eigenvalue weighted by Gasteiger charge is -2.35. The van der Waals surface area contributed by atoms with Crippen molar-refractivity contribution < 1.29 is 0 Å². The van der Waals surface area contributed by atoms with Crippen LogP contribution in [0.5, 0.6) is 0 Å². The van der Waals surface area contributed by atoms with Gasteiger partial charge in [-0.05, 0) is 6.07 Å². The van der Waals surface area contributed by atoms with Crippen molar-refractivity contribution in [2.75, 3.05) is 44.2 Å². The summed E-state index contributed by atoms with van der Waals surface area (Å²) in [7, 11) is 0. The highest BCUT2D eigenvalue weighted by molar-refractivity contribution is 5.36. The number of nitrogens with zero attached hydrogens (tertiary/aromatic N) is 5. The average molecular weight is 231 g/mol. The molecule has 1 aliphatic heterocycles. The van der Waals surface area contributed by atoms with Gasteiger partial charge in [0.05, 0.1) is 0 Å². The van der Waals surface area contributed by atoms with Crippen LogP contribution in [0.3, 0.4) is 0 Å². The van der Waals surface area contributed by atoms with Crippen molar-refractivity contribution in [2.45, 2.75) is 6.42 Å². The fraction of sp³-hybridized carbons (Fsp3) is 0.583. The summed E-state index contributed by atoms with van der Waals surface area (Å²) in [6.07, 6.45) is 4.36. The molecule has 0 aromatic carbocycles. The van der Waals surface area contributed by atoms with Crippen molar-refractivity contribution in [3.05, 3.63) is 30.0 Å². The Morgan fingerprint density at radius 2 is 2.12 bits per heavy atom. The second kappa shape index (κ2) is 6.16. The smallest absolute Gasteiger partial charge is 0.215 e. The van der Waals surface area contributed by atoms with E-state index in [2.05, 4.69) is 24.6 Å². The van der Waals surface area contributed by atoms with Crippen molar-refractivity contribution in [2.24, 2.45) is 0 Å². The molecule has 0 radical (unpaired) electrons. The van der Waals surface area contributed by atoms with Crippen LogP contribution in [-0.2, 0) is 0 Å². The van der Waals surface area contributed by atoms with Crippen molar-refractivity contribution >= 4 is 5.82 Å². The summed E-state index contributed by atoms with van der Waals surface area (Å²) >= 11 is 0. The first kappa shape index (κ1) is 11.8. The van der Waals surface area contributed by atoms with Crippen LogP contribution in [0.25, 0.3) is 4.85 Å². The van der Waals surface area contributed by atoms with Crippen LogP contribution in [0, 0.1) is 6.57 Å². The zero-order chi connectivity index (χ0) is 11.9. The van der Waals surface area contributed by atoms with E-state index >= 15 is 0 Å². The average Bonchev–Trinajstić information content (AvgIpc) is 2.41. The van der Waals surface area contributed by atoms with E-state index in [9.17, 15) is 0 Å². The van der Waals surface area contributed by atoms with Gasteiger partial charge in [-0.1, -0.05) is 0 Å². The summed E-state index contributed by atoms with van der Waals surface area (Å²) in [6, 6.07) is 1.95. The molecule has 0 aliphatic carbocycles. The van der Waals surface area contributed by atoms with Crippen molar-refractivity contribution in [1.82, 2.24) is 14.9 Å². The number of rotatable bonds is 4. The first-order chi connectivity index (χ1) is 8.40. The zero-order valence-electron chi connectivity index (χ0n) is 9.92. The summed E-state index contributed by atoms with van der Waals surface area (Å²) in [5, 5.41) is 0. The predicted molar refractivity (Wildman–Crippen MR) is 66.8 cm³/mol. The second-order valence-electron chi connectivity index (χ2n) is 4.13. The molecule has 0 N–H and O–H groups in total. The molecule has 0 saturated carbocycles. The topological polar surface area (TPSA) is 36.6 Å². The van der Waals surface area contributed by atoms with Gasteiger partial charge in [-0.15, -0.1) is 0 Å². The van der Waals surface area contributed by atoms with Crippen LogP contribution in [0.4, 0.5) is 5.82 Å². The van der Waals surface area contributed by atoms with Crippen LogP contribution >= 0.6 is 0 Å². The largest absolute Gasteiger partial charge is 0.354 e. The second-order valence-corrected chi connectivity index (χ2v) is 4.13. The van der Waals surface area contributed by atoms with E-state index in [1.54, 1.807) is 12.5 Å². The van der Waals surface area contributed by atoms with E-state index in [1.807, 2.05) is 6.07 Å². The van der Waals surface area contributed by atoms with Crippen LogP contribution in [0.15, 0.2) is 18.6 Å². The Hall–Kier alpha value is -1.67. The minimum absolute atomic E-state index is 0.645. The third kappa shape index (κ3) is 3.40. The highest BCUT2D eigenvalue weighted by Gasteiger charge is 2.17. The molecule has 5 heteroatoms. The highest BCUT2D eigenvalue weighted by atomic mass is 15.3. The molecule has 90 valence electrons. The number of piperazine rings is 1. The number of hydrogen-bond donors (Lipinski definition) is 0. The quantitative estimate of drug-likeness (QED) is 0.570. The molecule has 2 heterocycles. The first-order valence-electron chi connectivity index (χ1n) is 5.96. The van der Waals surface area contributed by atoms with Crippen LogP contribution in [0.2, 0.25) is 0 Å². The van der Waals surface area contributed by atoms with E-state index in [-0.39, 0.29) is 0 Å². The molecular weight excluding hydrogens is 214 g/mol. The fourth-order valence-electron chi connectivity index (χ4n) is 2.04. The lowest BCUT2D eigenvalue weighted by molar-refractivity contribution is 0.257. The van der Waals surface area contributed by atoms with Gasteiger partial charge in [0, 0.05) is 45.3 Å². The molecule has 1 saturated heterocycles. The SMILES string of the molecule is [C-]#[N+]CCCN1CCN(c2ccncn2)CC1. The van der Waals surface area contributed by atoms with E-state index in [1.165, 1.54) is 0 Å². The zero-order valence-corrected chi connectivity index (χ0v) is 9.92. The summed E-state index contributed by atoms with van der Waals surface area (Å²) < 4.78 is 0. The molecule has 0 atom stereocenters. The Bertz CT molecular complexity index is 364. The summed E-state index contributed by atoms with van der Waals surface area (Å²) in [4.78, 5) is 16.3. The standard InChI is InChI=1S/C12H17N5/c1-13-4-2-6-16-7-9-17(10-8-16)12-3-5-14-11-15-12/h3,5,11H,2,4,6-10H2. The number of aromatic nitrogens is 2. The van der Waals surface area contributed by atoms with E-state index in [0.717, 1.165) is 45.0 Å². The fourth-order valence-corrected chi connectivity index (χ4v) is 2.04. The van der Waals surface area contributed by atoms with Gasteiger partial charge < -0.3 is 9.74 Å². The lowest BCUT2D eigenvalue weighted by Crippen LogP contribution is -2.47. The molecule has 0 bridgehead atoms. The molecule has 2 rings (SSSR count). The lowest BCUT2D eigenvalue weighted by atomic mass is 10.3. The van der Waals surface area contributed by atoms with Gasteiger partial charge >= 0.3 is 0 Å². The van der Waals surface area contributed by atoms with E-state index < -0.39 is 0 Å². The molecular formula is C12H17N5. The van der Waals surface area contributed by atoms with Crippen LogP contribution < -0.4 is 4.90 Å². The van der Waals surface area contributed by atoms with E-state index in [4.69, 9.17) is 6.57 Å². The van der Waals surface area contributed by atoms with Crippen LogP contribution in [0.1, 0.15) is 6.42 Å². The third-order valence-corrected chi connectivity index (χ3v) is 3.01. The van der Waals surface area contributed by atoms with E-state index in [0.29, 0.717) is 6.54 Å². The van der Waals surface area contributed by atoms with Crippen molar-refractivity contribution in [1.29, 1.82) is 0 Å².